The van der Waals surface area contributed by atoms with Crippen molar-refractivity contribution in [2.75, 3.05) is 9.80 Å². The Hall–Kier alpha value is -8.08. The van der Waals surface area contributed by atoms with Crippen molar-refractivity contribution in [1.82, 2.24) is 0 Å². The van der Waals surface area contributed by atoms with E-state index in [0.717, 1.165) is 68.2 Å². The lowest BCUT2D eigenvalue weighted by Gasteiger charge is -2.33. The maximum Gasteiger partial charge on any atom is 0.151 e. The Balaban J connectivity index is 1.16. The van der Waals surface area contributed by atoms with Gasteiger partial charge in [-0.05, 0) is 128 Å². The van der Waals surface area contributed by atoms with E-state index < -0.39 is 0 Å². The number of nitrogens with zero attached hydrogens (tertiary/aromatic N) is 2. The fraction of sp³-hybridized carbons (Fsp3) is 0. The van der Waals surface area contributed by atoms with Crippen LogP contribution in [0.2, 0.25) is 0 Å². The van der Waals surface area contributed by atoms with Gasteiger partial charge in [0.05, 0.1) is 22.7 Å². The molecule has 0 saturated heterocycles. The molecule has 12 rings (SSSR count). The van der Waals surface area contributed by atoms with Crippen molar-refractivity contribution in [2.45, 2.75) is 0 Å². The number of para-hydroxylation sites is 8. The Labute approximate surface area is 348 Å². The average molecular weight is 769 g/mol. The zero-order valence-electron chi connectivity index (χ0n) is 32.5. The predicted octanol–water partition coefficient (Wildman–Crippen LogP) is 16.1. The molecule has 4 nitrogen and oxygen atoms in total. The quantitative estimate of drug-likeness (QED) is 0.163. The summed E-state index contributed by atoms with van der Waals surface area (Å²) in [7, 11) is 0. The third kappa shape index (κ3) is 5.46. The number of ether oxygens (including phenoxy) is 2. The molecule has 0 radical (unpaired) electrons. The molecular formula is C56H36N2O2. The first-order valence-corrected chi connectivity index (χ1v) is 20.3. The van der Waals surface area contributed by atoms with E-state index >= 15 is 0 Å². The summed E-state index contributed by atoms with van der Waals surface area (Å²) >= 11 is 0. The van der Waals surface area contributed by atoms with Crippen LogP contribution in [0.3, 0.4) is 0 Å². The largest absolute Gasteiger partial charge is 0.453 e. The summed E-state index contributed by atoms with van der Waals surface area (Å²) in [4.78, 5) is 4.66. The second-order valence-corrected chi connectivity index (χ2v) is 15.3. The highest BCUT2D eigenvalue weighted by Crippen LogP contribution is 2.54. The molecule has 0 aliphatic carbocycles. The summed E-state index contributed by atoms with van der Waals surface area (Å²) in [6, 6.07) is 77.6. The van der Waals surface area contributed by atoms with Crippen LogP contribution in [0.5, 0.6) is 23.0 Å². The summed E-state index contributed by atoms with van der Waals surface area (Å²) < 4.78 is 12.9. The number of benzene rings is 10. The molecule has 0 atom stereocenters. The molecule has 2 aliphatic heterocycles. The first kappa shape index (κ1) is 34.0. The van der Waals surface area contributed by atoms with E-state index in [9.17, 15) is 0 Å². The van der Waals surface area contributed by atoms with Gasteiger partial charge in [0.25, 0.3) is 0 Å². The smallest absolute Gasteiger partial charge is 0.151 e. The molecule has 10 aromatic rings. The molecule has 0 unspecified atom stereocenters. The van der Waals surface area contributed by atoms with Gasteiger partial charge in [-0.15, -0.1) is 0 Å². The summed E-state index contributed by atoms with van der Waals surface area (Å²) in [5.74, 6) is 3.32. The molecule has 0 fully saturated rings. The number of hydrogen-bond donors (Lipinski definition) is 0. The van der Waals surface area contributed by atoms with Gasteiger partial charge in [0.1, 0.15) is 0 Å². The van der Waals surface area contributed by atoms with E-state index in [4.69, 9.17) is 9.47 Å². The lowest BCUT2D eigenvalue weighted by atomic mass is 9.85. The van der Waals surface area contributed by atoms with Gasteiger partial charge in [0.2, 0.25) is 0 Å². The minimum absolute atomic E-state index is 0.829. The Morgan fingerprint density at radius 3 is 0.983 bits per heavy atom. The van der Waals surface area contributed by atoms with E-state index in [1.54, 1.807) is 0 Å². The van der Waals surface area contributed by atoms with Crippen LogP contribution in [0.1, 0.15) is 0 Å². The highest BCUT2D eigenvalue weighted by atomic mass is 16.5. The topological polar surface area (TPSA) is 24.9 Å². The first-order chi connectivity index (χ1) is 29.8. The van der Waals surface area contributed by atoms with Crippen LogP contribution in [-0.2, 0) is 0 Å². The van der Waals surface area contributed by atoms with Gasteiger partial charge in [-0.25, -0.2) is 0 Å². The van der Waals surface area contributed by atoms with Crippen molar-refractivity contribution in [2.24, 2.45) is 0 Å². The van der Waals surface area contributed by atoms with E-state index in [1.807, 2.05) is 48.5 Å². The molecule has 10 aromatic carbocycles. The zero-order valence-corrected chi connectivity index (χ0v) is 32.5. The summed E-state index contributed by atoms with van der Waals surface area (Å²) in [6.07, 6.45) is 0. The molecule has 282 valence electrons. The standard InChI is InChI=1S/C56H36N2O2/c1-3-15-37(16-4-1)38-27-29-40(30-28-38)56-44-34-32-41(57-47-19-7-11-23-51(47)59-52-24-12-8-20-48(52)57)35-45(44)55(39-17-5-2-6-18-39)43-33-31-42(36-46(43)56)58-49-21-9-13-25-53(49)60-54-26-14-10-22-50(54)58/h1-36H. The van der Waals surface area contributed by atoms with Crippen LogP contribution in [0.15, 0.2) is 218 Å². The Kier molecular flexibility index (Phi) is 7.82. The van der Waals surface area contributed by atoms with Gasteiger partial charge in [-0.3, -0.25) is 0 Å². The van der Waals surface area contributed by atoms with Gasteiger partial charge >= 0.3 is 0 Å². The Morgan fingerprint density at radius 2 is 0.567 bits per heavy atom. The second kappa shape index (κ2) is 13.8. The summed E-state index contributed by atoms with van der Waals surface area (Å²) in [5, 5.41) is 4.69. The van der Waals surface area contributed by atoms with E-state index in [0.29, 0.717) is 0 Å². The van der Waals surface area contributed by atoms with Gasteiger partial charge < -0.3 is 19.3 Å². The fourth-order valence-electron chi connectivity index (χ4n) is 9.13. The molecule has 4 heteroatoms. The number of anilines is 6. The number of hydrogen-bond acceptors (Lipinski definition) is 4. The highest BCUT2D eigenvalue weighted by Gasteiger charge is 2.29. The second-order valence-electron chi connectivity index (χ2n) is 15.3. The van der Waals surface area contributed by atoms with E-state index in [2.05, 4.69) is 180 Å². The Morgan fingerprint density at radius 1 is 0.250 bits per heavy atom. The molecule has 0 amide bonds. The van der Waals surface area contributed by atoms with Crippen molar-refractivity contribution in [3.63, 3.8) is 0 Å². The number of fused-ring (bicyclic) bond motifs is 6. The monoisotopic (exact) mass is 768 g/mol. The molecule has 2 aliphatic rings. The van der Waals surface area contributed by atoms with Crippen molar-refractivity contribution in [3.05, 3.63) is 218 Å². The maximum atomic E-state index is 6.44. The minimum Gasteiger partial charge on any atom is -0.453 e. The van der Waals surface area contributed by atoms with Crippen LogP contribution < -0.4 is 19.3 Å². The van der Waals surface area contributed by atoms with E-state index in [1.165, 1.54) is 43.8 Å². The van der Waals surface area contributed by atoms with Gasteiger partial charge in [0, 0.05) is 11.4 Å². The molecule has 60 heavy (non-hydrogen) atoms. The maximum absolute atomic E-state index is 6.44. The Bertz CT molecular complexity index is 3180. The van der Waals surface area contributed by atoms with Crippen molar-refractivity contribution in [3.8, 4) is 56.4 Å². The van der Waals surface area contributed by atoms with Crippen LogP contribution in [0.4, 0.5) is 34.1 Å². The molecule has 0 saturated carbocycles. The van der Waals surface area contributed by atoms with Crippen molar-refractivity contribution < 1.29 is 9.47 Å². The third-order valence-corrected chi connectivity index (χ3v) is 11.8. The molecule has 0 aromatic heterocycles. The van der Waals surface area contributed by atoms with Crippen molar-refractivity contribution >= 4 is 55.7 Å². The van der Waals surface area contributed by atoms with Gasteiger partial charge in [0.15, 0.2) is 23.0 Å². The van der Waals surface area contributed by atoms with Crippen LogP contribution in [0.25, 0.3) is 54.9 Å². The summed E-state index contributed by atoms with van der Waals surface area (Å²) in [5.41, 5.74) is 13.2. The molecule has 0 bridgehead atoms. The summed E-state index contributed by atoms with van der Waals surface area (Å²) in [6.45, 7) is 0. The fourth-order valence-corrected chi connectivity index (χ4v) is 9.13. The van der Waals surface area contributed by atoms with Gasteiger partial charge in [-0.2, -0.15) is 0 Å². The minimum atomic E-state index is 0.829. The first-order valence-electron chi connectivity index (χ1n) is 20.3. The molecule has 0 spiro atoms. The third-order valence-electron chi connectivity index (χ3n) is 11.8. The molecule has 2 heterocycles. The van der Waals surface area contributed by atoms with Crippen LogP contribution in [-0.4, -0.2) is 0 Å². The van der Waals surface area contributed by atoms with Crippen LogP contribution >= 0.6 is 0 Å². The van der Waals surface area contributed by atoms with Crippen LogP contribution in [0, 0.1) is 0 Å². The average Bonchev–Trinajstić information content (AvgIpc) is 3.32. The zero-order chi connectivity index (χ0) is 39.6. The normalized spacial score (nSPS) is 12.5. The van der Waals surface area contributed by atoms with Gasteiger partial charge in [-0.1, -0.05) is 146 Å². The predicted molar refractivity (Wildman–Crippen MR) is 247 cm³/mol. The molecule has 0 N–H and O–H groups in total. The lowest BCUT2D eigenvalue weighted by molar-refractivity contribution is 0.477. The van der Waals surface area contributed by atoms with Crippen molar-refractivity contribution in [1.29, 1.82) is 0 Å². The highest BCUT2D eigenvalue weighted by molar-refractivity contribution is 6.23. The molecular weight excluding hydrogens is 733 g/mol. The SMILES string of the molecule is c1ccc(-c2ccc(-c3c4ccc(N5c6ccccc6Oc6ccccc65)cc4c(-c4ccccc4)c4ccc(N5c6ccccc6Oc6ccccc65)cc34)cc2)cc1. The van der Waals surface area contributed by atoms with E-state index in [-0.39, 0.29) is 0 Å². The lowest BCUT2D eigenvalue weighted by Crippen LogP contribution is -2.15. The number of rotatable bonds is 5.